The summed E-state index contributed by atoms with van der Waals surface area (Å²) in [6.45, 7) is 6.24. The van der Waals surface area contributed by atoms with Crippen molar-refractivity contribution in [1.82, 2.24) is 31.2 Å². The van der Waals surface area contributed by atoms with E-state index >= 15 is 0 Å². The Morgan fingerprint density at radius 3 is 2.52 bits per heavy atom. The van der Waals surface area contributed by atoms with Gasteiger partial charge in [-0.25, -0.2) is 4.98 Å². The van der Waals surface area contributed by atoms with Crippen LogP contribution in [0.3, 0.4) is 0 Å². The SMILES string of the molecule is Cc1nc(C(=O)N[C@H]2Cc3ccc(cc3)OCC(=O)NCCN(C)C(=O)[C@H](CC(C)C)NC(=O)CCCNC2=O)cs1. The molecule has 3 heterocycles. The maximum atomic E-state index is 13.1. The minimum Gasteiger partial charge on any atom is -0.484 e. The molecule has 228 valence electrons. The summed E-state index contributed by atoms with van der Waals surface area (Å²) in [7, 11) is 1.63. The van der Waals surface area contributed by atoms with Crippen LogP contribution in [0.1, 0.15) is 54.2 Å². The lowest BCUT2D eigenvalue weighted by molar-refractivity contribution is -0.136. The van der Waals surface area contributed by atoms with Gasteiger partial charge in [-0.1, -0.05) is 26.0 Å². The molecule has 0 saturated heterocycles. The smallest absolute Gasteiger partial charge is 0.271 e. The van der Waals surface area contributed by atoms with Crippen LogP contribution in [-0.4, -0.2) is 84.8 Å². The Kier molecular flexibility index (Phi) is 12.3. The third-order valence-electron chi connectivity index (χ3n) is 6.57. The quantitative estimate of drug-likeness (QED) is 0.384. The summed E-state index contributed by atoms with van der Waals surface area (Å²) in [5.41, 5.74) is 1.01. The van der Waals surface area contributed by atoms with Gasteiger partial charge in [-0.2, -0.15) is 0 Å². The zero-order valence-corrected chi connectivity index (χ0v) is 25.3. The van der Waals surface area contributed by atoms with Crippen molar-refractivity contribution in [2.45, 2.75) is 58.5 Å². The average Bonchev–Trinajstić information content (AvgIpc) is 3.39. The molecule has 4 rings (SSSR count). The number of aryl methyl sites for hydroxylation is 1. The average molecular weight is 601 g/mol. The molecule has 0 spiro atoms. The summed E-state index contributed by atoms with van der Waals surface area (Å²) in [4.78, 5) is 69.7. The molecule has 2 bridgehead atoms. The largest absolute Gasteiger partial charge is 0.484 e. The van der Waals surface area contributed by atoms with Gasteiger partial charge in [-0.3, -0.25) is 24.0 Å². The third-order valence-corrected chi connectivity index (χ3v) is 7.35. The fraction of sp³-hybridized carbons (Fsp3) is 0.517. The Labute approximate surface area is 250 Å². The molecule has 5 amide bonds. The highest BCUT2D eigenvalue weighted by molar-refractivity contribution is 7.09. The molecule has 1 aromatic heterocycles. The van der Waals surface area contributed by atoms with Crippen LogP contribution in [0.25, 0.3) is 0 Å². The predicted octanol–water partition coefficient (Wildman–Crippen LogP) is 1.19. The zero-order valence-electron chi connectivity index (χ0n) is 24.5. The number of aromatic nitrogens is 1. The van der Waals surface area contributed by atoms with Gasteiger partial charge in [0.25, 0.3) is 11.8 Å². The molecule has 4 N–H and O–H groups in total. The van der Waals surface area contributed by atoms with Crippen LogP contribution in [0.2, 0.25) is 0 Å². The maximum Gasteiger partial charge on any atom is 0.271 e. The van der Waals surface area contributed by atoms with Crippen molar-refractivity contribution in [3.8, 4) is 5.75 Å². The highest BCUT2D eigenvalue weighted by Crippen LogP contribution is 2.15. The van der Waals surface area contributed by atoms with E-state index in [2.05, 4.69) is 26.3 Å². The number of hydrogen-bond acceptors (Lipinski definition) is 8. The van der Waals surface area contributed by atoms with Crippen molar-refractivity contribution in [3.05, 3.63) is 45.9 Å². The Morgan fingerprint density at radius 1 is 1.12 bits per heavy atom. The first-order valence-electron chi connectivity index (χ1n) is 14.0. The number of thiazole rings is 1. The molecule has 0 aliphatic carbocycles. The summed E-state index contributed by atoms with van der Waals surface area (Å²) in [6, 6.07) is 5.30. The summed E-state index contributed by atoms with van der Waals surface area (Å²) in [5, 5.41) is 13.5. The summed E-state index contributed by atoms with van der Waals surface area (Å²) in [5.74, 6) is -1.11. The van der Waals surface area contributed by atoms with Gasteiger partial charge in [-0.05, 0) is 43.4 Å². The van der Waals surface area contributed by atoms with Crippen molar-refractivity contribution < 1.29 is 28.7 Å². The zero-order chi connectivity index (χ0) is 30.6. The van der Waals surface area contributed by atoms with E-state index in [4.69, 9.17) is 4.74 Å². The number of ether oxygens (including phenoxy) is 1. The number of likely N-dealkylation sites (N-methyl/N-ethyl adjacent to an activating group) is 1. The molecule has 13 heteroatoms. The van der Waals surface area contributed by atoms with Gasteiger partial charge >= 0.3 is 0 Å². The van der Waals surface area contributed by atoms with E-state index < -0.39 is 23.9 Å². The third kappa shape index (κ3) is 10.4. The van der Waals surface area contributed by atoms with Gasteiger partial charge in [0.1, 0.15) is 23.5 Å². The maximum absolute atomic E-state index is 13.1. The monoisotopic (exact) mass is 600 g/mol. The fourth-order valence-corrected chi connectivity index (χ4v) is 4.94. The van der Waals surface area contributed by atoms with E-state index in [0.717, 1.165) is 10.6 Å². The number of nitrogens with one attached hydrogen (secondary N) is 4. The highest BCUT2D eigenvalue weighted by Gasteiger charge is 2.26. The molecule has 0 saturated carbocycles. The Balaban J connectivity index is 1.75. The standard InChI is InChI=1S/C29H40N6O6S/c1-18(2)14-23-29(40)35(4)13-12-30-26(37)16-41-21-9-7-20(8-10-21)15-22(27(38)31-11-5-6-25(36)33-23)34-28(39)24-17-42-19(3)32-24/h7-10,17-18,22-23H,5-6,11-16H2,1-4H3,(H,30,37)(H,31,38)(H,33,36)(H,34,39)/t22-,23-/m0/s1. The van der Waals surface area contributed by atoms with Crippen molar-refractivity contribution in [2.24, 2.45) is 5.92 Å². The van der Waals surface area contributed by atoms with Gasteiger partial charge in [0.15, 0.2) is 6.61 Å². The number of rotatable bonds is 4. The molecule has 0 unspecified atom stereocenters. The number of amides is 5. The predicted molar refractivity (Wildman–Crippen MR) is 158 cm³/mol. The van der Waals surface area contributed by atoms with Crippen LogP contribution < -0.4 is 26.0 Å². The van der Waals surface area contributed by atoms with Crippen LogP contribution in [-0.2, 0) is 25.6 Å². The van der Waals surface area contributed by atoms with E-state index in [1.807, 2.05) is 13.8 Å². The molecule has 12 nitrogen and oxygen atoms in total. The van der Waals surface area contributed by atoms with E-state index in [1.54, 1.807) is 43.6 Å². The molecule has 2 aromatic rings. The lowest BCUT2D eigenvalue weighted by atomic mass is 10.0. The van der Waals surface area contributed by atoms with Crippen LogP contribution >= 0.6 is 11.3 Å². The highest BCUT2D eigenvalue weighted by atomic mass is 32.1. The van der Waals surface area contributed by atoms with Crippen molar-refractivity contribution >= 4 is 40.9 Å². The normalized spacial score (nSPS) is 20.1. The number of carbonyl (C=O) groups excluding carboxylic acids is 5. The van der Waals surface area contributed by atoms with Crippen LogP contribution in [0, 0.1) is 12.8 Å². The molecule has 2 aliphatic heterocycles. The van der Waals surface area contributed by atoms with Crippen LogP contribution in [0.5, 0.6) is 5.75 Å². The number of fused-ring (bicyclic) bond motifs is 19. The van der Waals surface area contributed by atoms with Crippen molar-refractivity contribution in [3.63, 3.8) is 0 Å². The summed E-state index contributed by atoms with van der Waals surface area (Å²) >= 11 is 1.34. The van der Waals surface area contributed by atoms with Gasteiger partial charge in [0.05, 0.1) is 5.01 Å². The lowest BCUT2D eigenvalue weighted by Gasteiger charge is -2.26. The van der Waals surface area contributed by atoms with Crippen molar-refractivity contribution in [2.75, 3.05) is 33.3 Å². The molecule has 2 aliphatic rings. The minimum absolute atomic E-state index is 0.110. The Morgan fingerprint density at radius 2 is 1.86 bits per heavy atom. The molecule has 1 aromatic carbocycles. The topological polar surface area (TPSA) is 159 Å². The molecular weight excluding hydrogens is 560 g/mol. The molecule has 42 heavy (non-hydrogen) atoms. The van der Waals surface area contributed by atoms with Crippen LogP contribution in [0.15, 0.2) is 29.6 Å². The molecule has 0 fully saturated rings. The number of hydrogen-bond donors (Lipinski definition) is 4. The van der Waals surface area contributed by atoms with E-state index in [1.165, 1.54) is 16.2 Å². The second kappa shape index (κ2) is 15.9. The minimum atomic E-state index is -0.896. The fourth-order valence-electron chi connectivity index (χ4n) is 4.35. The number of carbonyl (C=O) groups is 5. The van der Waals surface area contributed by atoms with Crippen molar-refractivity contribution in [1.29, 1.82) is 0 Å². The summed E-state index contributed by atoms with van der Waals surface area (Å²) < 4.78 is 5.58. The molecular formula is C29H40N6O6S. The lowest BCUT2D eigenvalue weighted by Crippen LogP contribution is -2.50. The van der Waals surface area contributed by atoms with Gasteiger partial charge in [0.2, 0.25) is 17.7 Å². The first-order valence-corrected chi connectivity index (χ1v) is 14.9. The van der Waals surface area contributed by atoms with E-state index in [-0.39, 0.29) is 68.4 Å². The van der Waals surface area contributed by atoms with Gasteiger partial charge in [-0.15, -0.1) is 11.3 Å². The first-order chi connectivity index (χ1) is 20.0. The second-order valence-electron chi connectivity index (χ2n) is 10.7. The summed E-state index contributed by atoms with van der Waals surface area (Å²) in [6.07, 6.45) is 1.12. The van der Waals surface area contributed by atoms with E-state index in [9.17, 15) is 24.0 Å². The van der Waals surface area contributed by atoms with Crippen LogP contribution in [0.4, 0.5) is 0 Å². The van der Waals surface area contributed by atoms with Gasteiger partial charge < -0.3 is 30.9 Å². The molecule has 0 radical (unpaired) electrons. The Hall–Kier alpha value is -4.00. The van der Waals surface area contributed by atoms with Gasteiger partial charge in [0, 0.05) is 44.9 Å². The number of benzene rings is 1. The molecule has 2 atom stereocenters. The second-order valence-corrected chi connectivity index (χ2v) is 11.7. The Bertz CT molecular complexity index is 1250. The first kappa shape index (κ1) is 32.5. The number of nitrogens with zero attached hydrogens (tertiary/aromatic N) is 2. The van der Waals surface area contributed by atoms with E-state index in [0.29, 0.717) is 18.6 Å².